The van der Waals surface area contributed by atoms with Crippen molar-refractivity contribution in [1.29, 1.82) is 0 Å². The van der Waals surface area contributed by atoms with E-state index < -0.39 is 35.8 Å². The van der Waals surface area contributed by atoms with Gasteiger partial charge in [0, 0.05) is 25.1 Å². The van der Waals surface area contributed by atoms with Gasteiger partial charge in [-0.1, -0.05) is 12.1 Å². The summed E-state index contributed by atoms with van der Waals surface area (Å²) in [6.45, 7) is 5.60. The summed E-state index contributed by atoms with van der Waals surface area (Å²) in [4.78, 5) is 63.9. The molecule has 0 aromatic heterocycles. The lowest BCUT2D eigenvalue weighted by Gasteiger charge is -2.32. The summed E-state index contributed by atoms with van der Waals surface area (Å²) in [6.07, 6.45) is 0.808. The van der Waals surface area contributed by atoms with Gasteiger partial charge in [0.05, 0.1) is 12.1 Å². The van der Waals surface area contributed by atoms with Crippen molar-refractivity contribution in [3.05, 3.63) is 34.9 Å². The third-order valence-corrected chi connectivity index (χ3v) is 6.77. The number of fused-ring (bicyclic) bond motifs is 1. The van der Waals surface area contributed by atoms with E-state index in [2.05, 4.69) is 10.6 Å². The number of piperidine rings is 1. The molecule has 1 unspecified atom stereocenters. The minimum Gasteiger partial charge on any atom is -0.465 e. The Morgan fingerprint density at radius 1 is 1.19 bits per heavy atom. The molecule has 3 atom stereocenters. The van der Waals surface area contributed by atoms with Crippen molar-refractivity contribution < 1.29 is 33.8 Å². The Morgan fingerprint density at radius 3 is 2.61 bits per heavy atom. The standard InChI is InChI=1S/C25H32N4O7/c1-25(2,3)36-23(33)26-17-5-4-6-18(17)29(24(34)35)12-14-7-8-16-15(11-14)13-28(22(16)32)19-9-10-20(30)27-21(19)31/h7-8,11,17-19H,4-6,9-10,12-13H2,1-3H3,(H,26,33)(H,34,35)(H,27,30,31)/t17-,18-,19?/m0/s1. The summed E-state index contributed by atoms with van der Waals surface area (Å²) < 4.78 is 5.34. The molecule has 3 aliphatic rings. The van der Waals surface area contributed by atoms with Crippen LogP contribution >= 0.6 is 0 Å². The molecule has 1 aromatic carbocycles. The summed E-state index contributed by atoms with van der Waals surface area (Å²) >= 11 is 0. The van der Waals surface area contributed by atoms with Gasteiger partial charge in [-0.2, -0.15) is 0 Å². The van der Waals surface area contributed by atoms with Gasteiger partial charge in [-0.3, -0.25) is 24.6 Å². The number of alkyl carbamates (subject to hydrolysis) is 1. The average Bonchev–Trinajstić information content (AvgIpc) is 3.34. The molecule has 0 radical (unpaired) electrons. The fourth-order valence-corrected chi connectivity index (χ4v) is 5.19. The van der Waals surface area contributed by atoms with Gasteiger partial charge in [-0.05, 0) is 63.6 Å². The zero-order chi connectivity index (χ0) is 26.2. The summed E-state index contributed by atoms with van der Waals surface area (Å²) in [5.41, 5.74) is 1.23. The predicted octanol–water partition coefficient (Wildman–Crippen LogP) is 2.37. The van der Waals surface area contributed by atoms with Gasteiger partial charge in [0.1, 0.15) is 11.6 Å². The van der Waals surface area contributed by atoms with E-state index in [0.29, 0.717) is 29.5 Å². The quantitative estimate of drug-likeness (QED) is 0.526. The summed E-state index contributed by atoms with van der Waals surface area (Å²) in [6, 6.07) is 3.68. The summed E-state index contributed by atoms with van der Waals surface area (Å²) in [7, 11) is 0. The highest BCUT2D eigenvalue weighted by atomic mass is 16.6. The van der Waals surface area contributed by atoms with Gasteiger partial charge in [0.2, 0.25) is 11.8 Å². The van der Waals surface area contributed by atoms with Crippen LogP contribution in [0.5, 0.6) is 0 Å². The van der Waals surface area contributed by atoms with Crippen molar-refractivity contribution in [1.82, 2.24) is 20.4 Å². The number of nitrogens with zero attached hydrogens (tertiary/aromatic N) is 2. The monoisotopic (exact) mass is 500 g/mol. The summed E-state index contributed by atoms with van der Waals surface area (Å²) in [5, 5.41) is 15.1. The first kappa shape index (κ1) is 25.5. The lowest BCUT2D eigenvalue weighted by atomic mass is 10.0. The maximum absolute atomic E-state index is 12.9. The molecule has 4 rings (SSSR count). The van der Waals surface area contributed by atoms with Gasteiger partial charge in [0.25, 0.3) is 5.91 Å². The van der Waals surface area contributed by atoms with Crippen LogP contribution in [0.25, 0.3) is 0 Å². The number of benzene rings is 1. The number of carbonyl (C=O) groups excluding carboxylic acids is 4. The minimum absolute atomic E-state index is 0.0897. The number of ether oxygens (including phenoxy) is 1. The first-order chi connectivity index (χ1) is 16.9. The van der Waals surface area contributed by atoms with Crippen molar-refractivity contribution >= 4 is 29.9 Å². The molecule has 5 amide bonds. The van der Waals surface area contributed by atoms with E-state index in [-0.39, 0.29) is 43.8 Å². The Balaban J connectivity index is 1.46. The normalized spacial score (nSPS) is 23.8. The fourth-order valence-electron chi connectivity index (χ4n) is 5.19. The Labute approximate surface area is 209 Å². The first-order valence-electron chi connectivity index (χ1n) is 12.2. The van der Waals surface area contributed by atoms with Crippen molar-refractivity contribution in [3.63, 3.8) is 0 Å². The van der Waals surface area contributed by atoms with Crippen LogP contribution in [0.4, 0.5) is 9.59 Å². The molecule has 2 fully saturated rings. The SMILES string of the molecule is CC(C)(C)OC(=O)N[C@H]1CCC[C@@H]1N(Cc1ccc2c(c1)CN(C1CCC(=O)NC1=O)C2=O)C(=O)O. The highest BCUT2D eigenvalue weighted by Gasteiger charge is 2.40. The van der Waals surface area contributed by atoms with Gasteiger partial charge < -0.3 is 20.1 Å². The fraction of sp³-hybridized carbons (Fsp3) is 0.560. The highest BCUT2D eigenvalue weighted by Crippen LogP contribution is 2.30. The maximum Gasteiger partial charge on any atom is 0.407 e. The molecule has 36 heavy (non-hydrogen) atoms. The van der Waals surface area contributed by atoms with E-state index in [1.807, 2.05) is 0 Å². The molecule has 11 heteroatoms. The molecule has 1 aliphatic carbocycles. The smallest absolute Gasteiger partial charge is 0.407 e. The Bertz CT molecular complexity index is 1100. The molecule has 2 aliphatic heterocycles. The van der Waals surface area contributed by atoms with Crippen LogP contribution in [0.3, 0.4) is 0 Å². The zero-order valence-corrected chi connectivity index (χ0v) is 20.7. The van der Waals surface area contributed by atoms with Gasteiger partial charge in [0.15, 0.2) is 0 Å². The molecule has 0 spiro atoms. The molecule has 3 N–H and O–H groups in total. The van der Waals surface area contributed by atoms with Crippen LogP contribution in [-0.2, 0) is 27.4 Å². The van der Waals surface area contributed by atoms with E-state index in [9.17, 15) is 29.1 Å². The van der Waals surface area contributed by atoms with Gasteiger partial charge in [-0.15, -0.1) is 0 Å². The first-order valence-corrected chi connectivity index (χ1v) is 12.2. The Kier molecular flexibility index (Phi) is 6.92. The second-order valence-electron chi connectivity index (χ2n) is 10.6. The largest absolute Gasteiger partial charge is 0.465 e. The lowest BCUT2D eigenvalue weighted by Crippen LogP contribution is -2.52. The van der Waals surface area contributed by atoms with Crippen molar-refractivity contribution in [2.75, 3.05) is 0 Å². The van der Waals surface area contributed by atoms with Crippen LogP contribution in [0.15, 0.2) is 18.2 Å². The number of rotatable bonds is 5. The number of carboxylic acid groups (broad SMARTS) is 1. The maximum atomic E-state index is 12.9. The topological polar surface area (TPSA) is 145 Å². The van der Waals surface area contributed by atoms with E-state index >= 15 is 0 Å². The molecule has 1 saturated heterocycles. The van der Waals surface area contributed by atoms with Crippen molar-refractivity contribution in [3.8, 4) is 0 Å². The molecule has 1 aromatic rings. The zero-order valence-electron chi connectivity index (χ0n) is 20.7. The number of carbonyl (C=O) groups is 5. The van der Waals surface area contributed by atoms with Gasteiger partial charge >= 0.3 is 12.2 Å². The minimum atomic E-state index is -1.10. The lowest BCUT2D eigenvalue weighted by molar-refractivity contribution is -0.136. The molecular weight excluding hydrogens is 468 g/mol. The van der Waals surface area contributed by atoms with E-state index in [1.165, 1.54) is 9.80 Å². The van der Waals surface area contributed by atoms with Crippen LogP contribution in [0.2, 0.25) is 0 Å². The number of amides is 5. The van der Waals surface area contributed by atoms with Crippen LogP contribution in [-0.4, -0.2) is 68.5 Å². The summed E-state index contributed by atoms with van der Waals surface area (Å²) in [5.74, 6) is -1.10. The molecule has 1 saturated carbocycles. The molecule has 11 nitrogen and oxygen atoms in total. The van der Waals surface area contributed by atoms with E-state index in [1.54, 1.807) is 39.0 Å². The van der Waals surface area contributed by atoms with Crippen molar-refractivity contribution in [2.45, 2.75) is 89.7 Å². The third kappa shape index (κ3) is 5.44. The molecule has 194 valence electrons. The van der Waals surface area contributed by atoms with E-state index in [0.717, 1.165) is 6.42 Å². The highest BCUT2D eigenvalue weighted by molar-refractivity contribution is 6.05. The van der Waals surface area contributed by atoms with Gasteiger partial charge in [-0.25, -0.2) is 9.59 Å². The molecule has 2 heterocycles. The van der Waals surface area contributed by atoms with Crippen molar-refractivity contribution in [2.24, 2.45) is 0 Å². The van der Waals surface area contributed by atoms with Crippen LogP contribution < -0.4 is 10.6 Å². The Morgan fingerprint density at radius 2 is 1.94 bits per heavy atom. The predicted molar refractivity (Wildman–Crippen MR) is 127 cm³/mol. The Hall–Kier alpha value is -3.63. The number of hydrogen-bond donors (Lipinski definition) is 3. The number of nitrogens with one attached hydrogen (secondary N) is 2. The number of hydrogen-bond acceptors (Lipinski definition) is 6. The van der Waals surface area contributed by atoms with E-state index in [4.69, 9.17) is 4.74 Å². The average molecular weight is 501 g/mol. The third-order valence-electron chi connectivity index (χ3n) is 6.77. The van der Waals surface area contributed by atoms with Crippen LogP contribution in [0.1, 0.15) is 74.4 Å². The second kappa shape index (κ2) is 9.79. The number of imide groups is 1. The second-order valence-corrected chi connectivity index (χ2v) is 10.6. The molecule has 0 bridgehead atoms. The molecular formula is C25H32N4O7. The van der Waals surface area contributed by atoms with Crippen LogP contribution in [0, 0.1) is 0 Å².